The van der Waals surface area contributed by atoms with Crippen molar-refractivity contribution in [1.29, 1.82) is 0 Å². The van der Waals surface area contributed by atoms with Gasteiger partial charge in [0, 0.05) is 35.8 Å². The highest BCUT2D eigenvalue weighted by molar-refractivity contribution is 9.10. The van der Waals surface area contributed by atoms with Crippen molar-refractivity contribution in [2.24, 2.45) is 0 Å². The van der Waals surface area contributed by atoms with Crippen molar-refractivity contribution in [2.75, 3.05) is 0 Å². The first kappa shape index (κ1) is 20.8. The number of hydrogen-bond donors (Lipinski definition) is 3. The van der Waals surface area contributed by atoms with Crippen molar-refractivity contribution < 1.29 is 5.11 Å². The molecule has 0 bridgehead atoms. The lowest BCUT2D eigenvalue weighted by Gasteiger charge is -2.34. The van der Waals surface area contributed by atoms with Crippen LogP contribution in [0.3, 0.4) is 0 Å². The largest absolute Gasteiger partial charge is 0.508 e. The molecule has 2 atom stereocenters. The second-order valence-electron chi connectivity index (χ2n) is 6.68. The summed E-state index contributed by atoms with van der Waals surface area (Å²) >= 11 is 19.6. The highest BCUT2D eigenvalue weighted by Crippen LogP contribution is 2.36. The molecule has 3 aromatic rings. The van der Waals surface area contributed by atoms with Crippen LogP contribution in [0.2, 0.25) is 10.0 Å². The average molecular weight is 555 g/mol. The summed E-state index contributed by atoms with van der Waals surface area (Å²) in [4.78, 5) is 0. The van der Waals surface area contributed by atoms with Gasteiger partial charge in [-0.3, -0.25) is 5.32 Å². The number of hydrogen-bond acceptors (Lipinski definition) is 3. The molecule has 3 N–H and O–H groups in total. The van der Waals surface area contributed by atoms with E-state index in [1.54, 1.807) is 12.1 Å². The summed E-state index contributed by atoms with van der Waals surface area (Å²) in [7, 11) is 0. The Bertz CT molecular complexity index is 1100. The van der Waals surface area contributed by atoms with Gasteiger partial charge in [0.2, 0.25) is 0 Å². The van der Waals surface area contributed by atoms with E-state index in [4.69, 9.17) is 23.2 Å². The maximum atomic E-state index is 10.5. The van der Waals surface area contributed by atoms with Gasteiger partial charge in [0.1, 0.15) is 11.9 Å². The zero-order chi connectivity index (χ0) is 20.5. The van der Waals surface area contributed by atoms with Crippen LogP contribution in [0, 0.1) is 0 Å². The number of phenolic OH excluding ortho intramolecular Hbond substituents is 1. The summed E-state index contributed by atoms with van der Waals surface area (Å²) in [6.07, 6.45) is 1.78. The van der Waals surface area contributed by atoms with E-state index in [1.165, 1.54) is 0 Å². The molecule has 0 amide bonds. The number of rotatable bonds is 3. The molecule has 0 fully saturated rings. The third-order valence-electron chi connectivity index (χ3n) is 4.71. The number of phenols is 1. The number of aromatic hydroxyl groups is 1. The number of halogens is 4. The van der Waals surface area contributed by atoms with Gasteiger partial charge in [-0.2, -0.15) is 0 Å². The first-order valence-electron chi connectivity index (χ1n) is 8.84. The van der Waals surface area contributed by atoms with Crippen LogP contribution in [0.4, 0.5) is 0 Å². The standard InChI is InChI=1S/C22H16Br2Cl2N2O/c23-13-3-1-2-12(8-13)19-11-20(17-9-14(24)4-7-21(17)29)28-22(27-19)16-6-5-15(25)10-18(16)26/h1-11,20,22,27-29H. The molecule has 1 aliphatic rings. The lowest BCUT2D eigenvalue weighted by Crippen LogP contribution is -2.39. The fourth-order valence-corrected chi connectivity index (χ4v) is 4.63. The Morgan fingerprint density at radius 1 is 0.862 bits per heavy atom. The first-order valence-corrected chi connectivity index (χ1v) is 11.2. The van der Waals surface area contributed by atoms with Crippen LogP contribution in [0.25, 0.3) is 5.70 Å². The smallest absolute Gasteiger partial charge is 0.120 e. The molecular formula is C22H16Br2Cl2N2O. The third kappa shape index (κ3) is 4.65. The Morgan fingerprint density at radius 3 is 2.41 bits per heavy atom. The van der Waals surface area contributed by atoms with Crippen LogP contribution in [0.1, 0.15) is 28.9 Å². The number of nitrogens with one attached hydrogen (secondary N) is 2. The molecule has 29 heavy (non-hydrogen) atoms. The number of benzene rings is 3. The first-order chi connectivity index (χ1) is 13.9. The summed E-state index contributed by atoms with van der Waals surface area (Å²) in [6, 6.07) is 18.7. The molecule has 148 valence electrons. The fourth-order valence-electron chi connectivity index (χ4n) is 3.33. The van der Waals surface area contributed by atoms with E-state index in [-0.39, 0.29) is 18.0 Å². The highest BCUT2D eigenvalue weighted by Gasteiger charge is 2.27. The topological polar surface area (TPSA) is 44.3 Å². The molecule has 3 aromatic carbocycles. The van der Waals surface area contributed by atoms with Crippen molar-refractivity contribution in [3.8, 4) is 5.75 Å². The fraction of sp³-hybridized carbons (Fsp3) is 0.0909. The van der Waals surface area contributed by atoms with Gasteiger partial charge < -0.3 is 10.4 Å². The molecule has 1 heterocycles. The zero-order valence-electron chi connectivity index (χ0n) is 15.0. The molecule has 7 heteroatoms. The van der Waals surface area contributed by atoms with E-state index < -0.39 is 0 Å². The minimum atomic E-state index is -0.276. The zero-order valence-corrected chi connectivity index (χ0v) is 19.6. The minimum Gasteiger partial charge on any atom is -0.508 e. The van der Waals surface area contributed by atoms with Gasteiger partial charge in [-0.15, -0.1) is 0 Å². The quantitative estimate of drug-likeness (QED) is 0.321. The van der Waals surface area contributed by atoms with Crippen LogP contribution < -0.4 is 10.6 Å². The Hall–Kier alpha value is -1.50. The monoisotopic (exact) mass is 552 g/mol. The highest BCUT2D eigenvalue weighted by atomic mass is 79.9. The van der Waals surface area contributed by atoms with E-state index in [0.29, 0.717) is 10.0 Å². The Kier molecular flexibility index (Phi) is 6.23. The molecule has 1 aliphatic heterocycles. The normalized spacial score (nSPS) is 18.8. The van der Waals surface area contributed by atoms with Gasteiger partial charge >= 0.3 is 0 Å². The van der Waals surface area contributed by atoms with Crippen molar-refractivity contribution >= 4 is 60.8 Å². The predicted octanol–water partition coefficient (Wildman–Crippen LogP) is 7.20. The second-order valence-corrected chi connectivity index (χ2v) is 9.36. The van der Waals surface area contributed by atoms with Crippen molar-refractivity contribution in [3.05, 3.63) is 102 Å². The summed E-state index contributed by atoms with van der Waals surface area (Å²) in [5, 5.41) is 18.7. The van der Waals surface area contributed by atoms with Gasteiger partial charge in [-0.25, -0.2) is 0 Å². The molecule has 0 aromatic heterocycles. The van der Waals surface area contributed by atoms with Gasteiger partial charge in [-0.05, 0) is 54.1 Å². The van der Waals surface area contributed by atoms with E-state index in [0.717, 1.165) is 31.3 Å². The molecule has 4 rings (SSSR count). The van der Waals surface area contributed by atoms with Gasteiger partial charge in [-0.1, -0.05) is 73.3 Å². The third-order valence-corrected chi connectivity index (χ3v) is 6.26. The maximum Gasteiger partial charge on any atom is 0.120 e. The average Bonchev–Trinajstić information content (AvgIpc) is 2.69. The molecule has 0 spiro atoms. The molecule has 2 unspecified atom stereocenters. The molecule has 0 saturated carbocycles. The van der Waals surface area contributed by atoms with E-state index >= 15 is 0 Å². The van der Waals surface area contributed by atoms with Crippen LogP contribution in [-0.2, 0) is 0 Å². The molecular weight excluding hydrogens is 539 g/mol. The van der Waals surface area contributed by atoms with Crippen LogP contribution >= 0.6 is 55.1 Å². The SMILES string of the molecule is Oc1ccc(Br)cc1C1C=C(c2cccc(Br)c2)NC(c2ccc(Cl)cc2Cl)N1. The van der Waals surface area contributed by atoms with E-state index in [9.17, 15) is 5.11 Å². The molecule has 0 saturated heterocycles. The van der Waals surface area contributed by atoms with Crippen molar-refractivity contribution in [3.63, 3.8) is 0 Å². The van der Waals surface area contributed by atoms with Crippen LogP contribution in [-0.4, -0.2) is 5.11 Å². The molecule has 0 radical (unpaired) electrons. The summed E-state index contributed by atoms with van der Waals surface area (Å²) in [5.74, 6) is 0.221. The Labute approximate surface area is 196 Å². The molecule has 3 nitrogen and oxygen atoms in total. The molecule has 0 aliphatic carbocycles. The maximum absolute atomic E-state index is 10.5. The minimum absolute atomic E-state index is 0.221. The summed E-state index contributed by atoms with van der Waals surface area (Å²) < 4.78 is 1.88. The van der Waals surface area contributed by atoms with Crippen molar-refractivity contribution in [1.82, 2.24) is 10.6 Å². The Balaban J connectivity index is 1.81. The second kappa shape index (κ2) is 8.70. The van der Waals surface area contributed by atoms with Gasteiger partial charge in [0.05, 0.1) is 6.04 Å². The lowest BCUT2D eigenvalue weighted by atomic mass is 9.98. The van der Waals surface area contributed by atoms with Crippen molar-refractivity contribution in [2.45, 2.75) is 12.2 Å². The van der Waals surface area contributed by atoms with E-state index in [2.05, 4.69) is 48.6 Å². The van der Waals surface area contributed by atoms with Crippen LogP contribution in [0.15, 0.2) is 75.7 Å². The summed E-state index contributed by atoms with van der Waals surface area (Å²) in [5.41, 5.74) is 3.60. The lowest BCUT2D eigenvalue weighted by molar-refractivity contribution is 0.419. The Morgan fingerprint density at radius 2 is 1.66 bits per heavy atom. The predicted molar refractivity (Wildman–Crippen MR) is 126 cm³/mol. The van der Waals surface area contributed by atoms with Crippen LogP contribution in [0.5, 0.6) is 5.75 Å². The summed E-state index contributed by atoms with van der Waals surface area (Å²) in [6.45, 7) is 0. The van der Waals surface area contributed by atoms with Gasteiger partial charge in [0.15, 0.2) is 0 Å². The van der Waals surface area contributed by atoms with E-state index in [1.807, 2.05) is 48.5 Å². The van der Waals surface area contributed by atoms with Gasteiger partial charge in [0.25, 0.3) is 0 Å².